The van der Waals surface area contributed by atoms with E-state index in [0.29, 0.717) is 13.1 Å². The second kappa shape index (κ2) is 5.25. The lowest BCUT2D eigenvalue weighted by Gasteiger charge is -2.20. The summed E-state index contributed by atoms with van der Waals surface area (Å²) in [6.45, 7) is 1.36. The maximum absolute atomic E-state index is 13.0. The Hall–Kier alpha value is -1.45. The summed E-state index contributed by atoms with van der Waals surface area (Å²) in [4.78, 5) is 13.7. The first-order valence-electron chi connectivity index (χ1n) is 5.92. The van der Waals surface area contributed by atoms with Crippen LogP contribution in [-0.2, 0) is 0 Å². The fourth-order valence-electron chi connectivity index (χ4n) is 2.13. The van der Waals surface area contributed by atoms with Crippen LogP contribution in [0.2, 0.25) is 0 Å². The zero-order valence-electron chi connectivity index (χ0n) is 9.59. The van der Waals surface area contributed by atoms with Gasteiger partial charge in [-0.1, -0.05) is 12.8 Å². The van der Waals surface area contributed by atoms with Gasteiger partial charge in [-0.15, -0.1) is 0 Å². The number of likely N-dealkylation sites (tertiary alicyclic amines) is 1. The molecule has 0 N–H and O–H groups in total. The van der Waals surface area contributed by atoms with Crippen LogP contribution < -0.4 is 0 Å². The number of carbonyl (C=O) groups excluding carboxylic acids is 1. The van der Waals surface area contributed by atoms with Gasteiger partial charge in [-0.05, 0) is 25.0 Å². The molecule has 1 heterocycles. The van der Waals surface area contributed by atoms with Crippen LogP contribution >= 0.6 is 0 Å². The van der Waals surface area contributed by atoms with Crippen molar-refractivity contribution < 1.29 is 13.6 Å². The van der Waals surface area contributed by atoms with Crippen LogP contribution in [0.5, 0.6) is 0 Å². The molecule has 1 aromatic carbocycles. The van der Waals surface area contributed by atoms with Crippen molar-refractivity contribution in [2.24, 2.45) is 0 Å². The highest BCUT2D eigenvalue weighted by Crippen LogP contribution is 2.15. The molecular formula is C13H15F2NO. The minimum Gasteiger partial charge on any atom is -0.339 e. The molecule has 0 spiro atoms. The van der Waals surface area contributed by atoms with Gasteiger partial charge in [-0.3, -0.25) is 4.79 Å². The van der Waals surface area contributed by atoms with E-state index in [9.17, 15) is 13.6 Å². The minimum atomic E-state index is -0.705. The summed E-state index contributed by atoms with van der Waals surface area (Å²) in [7, 11) is 0. The molecule has 0 bridgehead atoms. The SMILES string of the molecule is O=C(c1cc(F)cc(F)c1)N1CCCCCC1. The van der Waals surface area contributed by atoms with Crippen LogP contribution in [0.1, 0.15) is 36.0 Å². The third-order valence-electron chi connectivity index (χ3n) is 3.00. The number of halogens is 2. The van der Waals surface area contributed by atoms with Gasteiger partial charge in [0, 0.05) is 24.7 Å². The van der Waals surface area contributed by atoms with Crippen LogP contribution in [0.3, 0.4) is 0 Å². The molecule has 0 aromatic heterocycles. The molecule has 0 radical (unpaired) electrons. The maximum atomic E-state index is 13.0. The number of amides is 1. The van der Waals surface area contributed by atoms with E-state index >= 15 is 0 Å². The molecule has 0 atom stereocenters. The number of benzene rings is 1. The average molecular weight is 239 g/mol. The largest absolute Gasteiger partial charge is 0.339 e. The molecule has 1 saturated heterocycles. The van der Waals surface area contributed by atoms with E-state index in [1.165, 1.54) is 0 Å². The molecule has 1 aliphatic heterocycles. The zero-order chi connectivity index (χ0) is 12.3. The van der Waals surface area contributed by atoms with Crippen LogP contribution in [0.25, 0.3) is 0 Å². The first-order chi connectivity index (χ1) is 8.16. The first-order valence-corrected chi connectivity index (χ1v) is 5.92. The predicted octanol–water partition coefficient (Wildman–Crippen LogP) is 2.98. The van der Waals surface area contributed by atoms with E-state index in [0.717, 1.165) is 43.9 Å². The average Bonchev–Trinajstić information content (AvgIpc) is 2.55. The van der Waals surface area contributed by atoms with E-state index < -0.39 is 11.6 Å². The fraction of sp³-hybridized carbons (Fsp3) is 0.462. The molecule has 0 unspecified atom stereocenters. The van der Waals surface area contributed by atoms with Gasteiger partial charge < -0.3 is 4.90 Å². The van der Waals surface area contributed by atoms with Gasteiger partial charge in [-0.25, -0.2) is 8.78 Å². The van der Waals surface area contributed by atoms with Crippen molar-refractivity contribution in [1.29, 1.82) is 0 Å². The molecule has 0 aliphatic carbocycles. The predicted molar refractivity (Wildman–Crippen MR) is 60.7 cm³/mol. The molecule has 92 valence electrons. The Bertz CT molecular complexity index is 392. The highest BCUT2D eigenvalue weighted by Gasteiger charge is 2.18. The van der Waals surface area contributed by atoms with Crippen molar-refractivity contribution in [2.45, 2.75) is 25.7 Å². The normalized spacial score (nSPS) is 16.7. The van der Waals surface area contributed by atoms with E-state index in [1.54, 1.807) is 4.90 Å². The highest BCUT2D eigenvalue weighted by atomic mass is 19.1. The topological polar surface area (TPSA) is 20.3 Å². The summed E-state index contributed by atoms with van der Waals surface area (Å²) in [6.07, 6.45) is 4.15. The molecule has 1 fully saturated rings. The second-order valence-corrected chi connectivity index (χ2v) is 4.36. The van der Waals surface area contributed by atoms with Crippen molar-refractivity contribution >= 4 is 5.91 Å². The Balaban J connectivity index is 2.17. The second-order valence-electron chi connectivity index (χ2n) is 4.36. The van der Waals surface area contributed by atoms with E-state index in [4.69, 9.17) is 0 Å². The number of nitrogens with zero attached hydrogens (tertiary/aromatic N) is 1. The molecule has 0 saturated carbocycles. The third kappa shape index (κ3) is 3.02. The van der Waals surface area contributed by atoms with Crippen molar-refractivity contribution in [3.8, 4) is 0 Å². The first kappa shape index (κ1) is 12.0. The summed E-state index contributed by atoms with van der Waals surface area (Å²) in [5, 5.41) is 0. The smallest absolute Gasteiger partial charge is 0.254 e. The Morgan fingerprint density at radius 3 is 2.00 bits per heavy atom. The minimum absolute atomic E-state index is 0.101. The van der Waals surface area contributed by atoms with Crippen LogP contribution in [0, 0.1) is 11.6 Å². The molecule has 2 nitrogen and oxygen atoms in total. The number of hydrogen-bond acceptors (Lipinski definition) is 1. The van der Waals surface area contributed by atoms with E-state index in [2.05, 4.69) is 0 Å². The number of hydrogen-bond donors (Lipinski definition) is 0. The molecule has 1 aromatic rings. The van der Waals surface area contributed by atoms with Gasteiger partial charge in [0.05, 0.1) is 0 Å². The monoisotopic (exact) mass is 239 g/mol. The van der Waals surface area contributed by atoms with Gasteiger partial charge >= 0.3 is 0 Å². The summed E-state index contributed by atoms with van der Waals surface area (Å²) >= 11 is 0. The Labute approximate surface area is 99.2 Å². The molecule has 1 aliphatic rings. The molecular weight excluding hydrogens is 224 g/mol. The summed E-state index contributed by atoms with van der Waals surface area (Å²) in [5.41, 5.74) is 0.101. The summed E-state index contributed by atoms with van der Waals surface area (Å²) in [5.74, 6) is -1.68. The Morgan fingerprint density at radius 2 is 1.47 bits per heavy atom. The fourth-order valence-corrected chi connectivity index (χ4v) is 2.13. The molecule has 4 heteroatoms. The quantitative estimate of drug-likeness (QED) is 0.737. The summed E-state index contributed by atoms with van der Waals surface area (Å²) < 4.78 is 26.1. The number of carbonyl (C=O) groups is 1. The maximum Gasteiger partial charge on any atom is 0.254 e. The van der Waals surface area contributed by atoms with Crippen molar-refractivity contribution in [3.63, 3.8) is 0 Å². The van der Waals surface area contributed by atoms with Gasteiger partial charge in [-0.2, -0.15) is 0 Å². The standard InChI is InChI=1S/C13H15F2NO/c14-11-7-10(8-12(15)9-11)13(17)16-5-3-1-2-4-6-16/h7-9H,1-6H2. The lowest BCUT2D eigenvalue weighted by molar-refractivity contribution is 0.0760. The third-order valence-corrected chi connectivity index (χ3v) is 3.00. The highest BCUT2D eigenvalue weighted by molar-refractivity contribution is 5.94. The van der Waals surface area contributed by atoms with Gasteiger partial charge in [0.15, 0.2) is 0 Å². The van der Waals surface area contributed by atoms with Crippen LogP contribution in [0.4, 0.5) is 8.78 Å². The Kier molecular flexibility index (Phi) is 3.71. The van der Waals surface area contributed by atoms with Crippen molar-refractivity contribution in [3.05, 3.63) is 35.4 Å². The molecule has 1 amide bonds. The van der Waals surface area contributed by atoms with Gasteiger partial charge in [0.1, 0.15) is 11.6 Å². The summed E-state index contributed by atoms with van der Waals surface area (Å²) in [6, 6.07) is 2.96. The van der Waals surface area contributed by atoms with Gasteiger partial charge in [0.2, 0.25) is 0 Å². The van der Waals surface area contributed by atoms with E-state index in [1.807, 2.05) is 0 Å². The van der Waals surface area contributed by atoms with Crippen LogP contribution in [0.15, 0.2) is 18.2 Å². The Morgan fingerprint density at radius 1 is 0.941 bits per heavy atom. The van der Waals surface area contributed by atoms with Crippen molar-refractivity contribution in [2.75, 3.05) is 13.1 Å². The van der Waals surface area contributed by atoms with E-state index in [-0.39, 0.29) is 11.5 Å². The van der Waals surface area contributed by atoms with Crippen LogP contribution in [-0.4, -0.2) is 23.9 Å². The number of rotatable bonds is 1. The lowest BCUT2D eigenvalue weighted by atomic mass is 10.2. The van der Waals surface area contributed by atoms with Gasteiger partial charge in [0.25, 0.3) is 5.91 Å². The lowest BCUT2D eigenvalue weighted by Crippen LogP contribution is -2.31. The van der Waals surface area contributed by atoms with Crippen molar-refractivity contribution in [1.82, 2.24) is 4.90 Å². The molecule has 2 rings (SSSR count). The molecule has 17 heavy (non-hydrogen) atoms. The zero-order valence-corrected chi connectivity index (χ0v) is 9.59.